The fraction of sp³-hybridized carbons (Fsp3) is 0.800. The number of carbonyl (C=O) groups excluding carboxylic acids is 2. The highest BCUT2D eigenvalue weighted by Gasteiger charge is 2.47. The van der Waals surface area contributed by atoms with Crippen molar-refractivity contribution < 1.29 is 28.4 Å². The Morgan fingerprint density at radius 3 is 1.82 bits per heavy atom. The number of nitrogens with two attached hydrogens (primary N) is 1. The van der Waals surface area contributed by atoms with Crippen LogP contribution in [-0.2, 0) is 34.9 Å². The monoisotopic (exact) mass is 701 g/mol. The molecule has 4 aliphatic rings. The Kier molecular flexibility index (Phi) is 10.2. The number of rotatable bonds is 13. The first-order chi connectivity index (χ1) is 23.1. The lowest BCUT2D eigenvalue weighted by Gasteiger charge is -2.47. The van der Waals surface area contributed by atoms with Gasteiger partial charge in [0.1, 0.15) is 41.5 Å². The summed E-state index contributed by atoms with van der Waals surface area (Å²) in [5, 5.41) is 6.14. The van der Waals surface area contributed by atoms with E-state index in [0.29, 0.717) is 28.5 Å². The third-order valence-corrected chi connectivity index (χ3v) is 14.1. The van der Waals surface area contributed by atoms with Crippen LogP contribution in [0.1, 0.15) is 125 Å². The van der Waals surface area contributed by atoms with E-state index in [4.69, 9.17) is 19.9 Å². The third kappa shape index (κ3) is 8.16. The van der Waals surface area contributed by atoms with Crippen LogP contribution in [0.2, 0.25) is 0 Å². The number of fused-ring (bicyclic) bond motifs is 1. The summed E-state index contributed by atoms with van der Waals surface area (Å²) < 4.78 is 34.8. The number of nitrogen functional groups attached to an aromatic ring is 1. The molecular weight excluding hydrogens is 645 g/mol. The minimum atomic E-state index is -3.80. The number of nitrogens with one attached hydrogen (secondary N) is 2. The molecule has 2 heterocycles. The van der Waals surface area contributed by atoms with Crippen LogP contribution in [0.25, 0.3) is 11.2 Å². The zero-order valence-corrected chi connectivity index (χ0v) is 30.9. The zero-order valence-electron chi connectivity index (χ0n) is 30.0. The van der Waals surface area contributed by atoms with Crippen molar-refractivity contribution >= 4 is 36.4 Å². The molecule has 0 unspecified atom stereocenters. The molecule has 14 heteroatoms. The molecule has 0 amide bonds. The molecule has 0 bridgehead atoms. The Morgan fingerprint density at radius 2 is 1.37 bits per heavy atom. The van der Waals surface area contributed by atoms with Crippen LogP contribution in [0.3, 0.4) is 0 Å². The molecule has 0 radical (unpaired) electrons. The summed E-state index contributed by atoms with van der Waals surface area (Å²) in [4.78, 5) is 39.8. The Bertz CT molecular complexity index is 1480. The number of esters is 2. The predicted molar refractivity (Wildman–Crippen MR) is 186 cm³/mol. The van der Waals surface area contributed by atoms with E-state index < -0.39 is 36.6 Å². The number of hydrogen-bond donors (Lipinski definition) is 3. The molecule has 2 spiro atoms. The topological polar surface area (TPSA) is 173 Å². The van der Waals surface area contributed by atoms with Crippen LogP contribution in [-0.4, -0.2) is 67.2 Å². The summed E-state index contributed by atoms with van der Waals surface area (Å²) in [5.41, 5.74) is 5.23. The van der Waals surface area contributed by atoms with Gasteiger partial charge >= 0.3 is 11.9 Å². The van der Waals surface area contributed by atoms with Crippen LogP contribution in [0, 0.1) is 10.8 Å². The molecule has 2 aromatic heterocycles. The Balaban J connectivity index is 1.12. The second-order valence-corrected chi connectivity index (χ2v) is 18.7. The van der Waals surface area contributed by atoms with Gasteiger partial charge in [0.05, 0.1) is 19.0 Å². The number of carbonyl (C=O) groups is 2. The van der Waals surface area contributed by atoms with E-state index >= 15 is 0 Å². The van der Waals surface area contributed by atoms with E-state index in [-0.39, 0.29) is 24.4 Å². The highest BCUT2D eigenvalue weighted by Crippen LogP contribution is 2.53. The molecule has 2 aromatic rings. The number of ether oxygens (including phenoxy) is 3. The standard InChI is InChI=1S/C35H56N7O6P/c1-24(20-42-22-39-27-28(36)37-21-38-29(27)42)46-23-49(45,40-32(2,3)30(43)47-25-8-16-34(17-9-25)12-6-13-34)41-33(4,5)31(44)48-26-10-18-35(19-11-26)14-7-15-35/h21-22,24-26H,6-20,23H2,1-5H3,(H2,36,37,38)(H2,40,41,45)/t24-/m1/s1. The van der Waals surface area contributed by atoms with Gasteiger partial charge in [-0.15, -0.1) is 0 Å². The highest BCUT2D eigenvalue weighted by molar-refractivity contribution is 7.59. The third-order valence-electron chi connectivity index (χ3n) is 11.7. The minimum Gasteiger partial charge on any atom is -0.461 e. The molecule has 4 N–H and O–H groups in total. The van der Waals surface area contributed by atoms with Crippen molar-refractivity contribution in [1.82, 2.24) is 29.7 Å². The first-order valence-corrected chi connectivity index (χ1v) is 20.1. The number of nitrogens with zero attached hydrogens (tertiary/aromatic N) is 4. The maximum Gasteiger partial charge on any atom is 0.326 e. The normalized spacial score (nSPS) is 24.1. The summed E-state index contributed by atoms with van der Waals surface area (Å²) in [6.45, 7) is 8.83. The van der Waals surface area contributed by atoms with Crippen LogP contribution in [0.5, 0.6) is 0 Å². The van der Waals surface area contributed by atoms with Crippen molar-refractivity contribution in [2.45, 2.75) is 160 Å². The average Bonchev–Trinajstić information content (AvgIpc) is 3.42. The Hall–Kier alpha value is -2.60. The average molecular weight is 702 g/mol. The van der Waals surface area contributed by atoms with Crippen molar-refractivity contribution in [3.05, 3.63) is 12.7 Å². The summed E-state index contributed by atoms with van der Waals surface area (Å²) in [5.74, 6) is -0.677. The first-order valence-electron chi connectivity index (χ1n) is 18.2. The van der Waals surface area contributed by atoms with Gasteiger partial charge in [-0.05, 0) is 122 Å². The number of hydrogen-bond acceptors (Lipinski definition) is 10. The smallest absolute Gasteiger partial charge is 0.326 e. The molecule has 6 rings (SSSR count). The quantitative estimate of drug-likeness (QED) is 0.164. The summed E-state index contributed by atoms with van der Waals surface area (Å²) >= 11 is 0. The lowest BCUT2D eigenvalue weighted by atomic mass is 9.60. The van der Waals surface area contributed by atoms with Crippen LogP contribution < -0.4 is 15.9 Å². The molecular formula is C35H56N7O6P. The number of imidazole rings is 1. The molecule has 0 saturated heterocycles. The SMILES string of the molecule is C[C@H](Cn1cnc2c(N)ncnc21)OCP(=O)(NC(C)(C)C(=O)OC1CCC2(CCC2)CC1)NC(C)(C)C(=O)OC1CCC2(CCC2)CC1. The molecule has 4 saturated carbocycles. The van der Waals surface area contributed by atoms with Crippen molar-refractivity contribution in [1.29, 1.82) is 0 Å². The van der Waals surface area contributed by atoms with Gasteiger partial charge in [-0.1, -0.05) is 12.8 Å². The summed E-state index contributed by atoms with van der Waals surface area (Å²) in [7, 11) is -3.80. The van der Waals surface area contributed by atoms with Crippen LogP contribution in [0.15, 0.2) is 12.7 Å². The largest absolute Gasteiger partial charge is 0.461 e. The maximum absolute atomic E-state index is 14.8. The van der Waals surface area contributed by atoms with E-state index in [1.807, 2.05) is 6.92 Å². The van der Waals surface area contributed by atoms with Gasteiger partial charge < -0.3 is 24.5 Å². The van der Waals surface area contributed by atoms with E-state index in [0.717, 1.165) is 51.4 Å². The van der Waals surface area contributed by atoms with Crippen LogP contribution >= 0.6 is 7.44 Å². The summed E-state index contributed by atoms with van der Waals surface area (Å²) in [6.07, 6.45) is 17.3. The molecule has 1 atom stereocenters. The molecule has 272 valence electrons. The molecule has 49 heavy (non-hydrogen) atoms. The molecule has 0 aromatic carbocycles. The molecule has 0 aliphatic heterocycles. The van der Waals surface area contributed by atoms with Gasteiger partial charge in [-0.3, -0.25) is 14.2 Å². The van der Waals surface area contributed by atoms with E-state index in [2.05, 4.69) is 25.1 Å². The van der Waals surface area contributed by atoms with Gasteiger partial charge in [0.2, 0.25) is 7.44 Å². The predicted octanol–water partition coefficient (Wildman–Crippen LogP) is 6.01. The molecule has 4 fully saturated rings. The lowest BCUT2D eigenvalue weighted by Crippen LogP contribution is -2.55. The van der Waals surface area contributed by atoms with Crippen molar-refractivity contribution in [2.24, 2.45) is 10.8 Å². The van der Waals surface area contributed by atoms with E-state index in [9.17, 15) is 14.2 Å². The fourth-order valence-corrected chi connectivity index (χ4v) is 10.9. The van der Waals surface area contributed by atoms with Gasteiger partial charge in [-0.2, -0.15) is 0 Å². The van der Waals surface area contributed by atoms with Gasteiger partial charge in [0.15, 0.2) is 11.5 Å². The second-order valence-electron chi connectivity index (χ2n) is 16.6. The number of aromatic nitrogens is 4. The fourth-order valence-electron chi connectivity index (χ4n) is 8.28. The Labute approximate surface area is 290 Å². The minimum absolute atomic E-state index is 0.160. The van der Waals surface area contributed by atoms with Gasteiger partial charge in [-0.25, -0.2) is 25.1 Å². The maximum atomic E-state index is 14.8. The highest BCUT2D eigenvalue weighted by atomic mass is 31.2. The molecule has 4 aliphatic carbocycles. The second kappa shape index (κ2) is 13.8. The van der Waals surface area contributed by atoms with E-state index in [1.54, 1.807) is 38.6 Å². The van der Waals surface area contributed by atoms with Crippen LogP contribution in [0.4, 0.5) is 5.82 Å². The van der Waals surface area contributed by atoms with Gasteiger partial charge in [0.25, 0.3) is 0 Å². The summed E-state index contributed by atoms with van der Waals surface area (Å²) in [6, 6.07) is 0. The zero-order chi connectivity index (χ0) is 35.1. The lowest BCUT2D eigenvalue weighted by molar-refractivity contribution is -0.159. The molecule has 13 nitrogen and oxygen atoms in total. The van der Waals surface area contributed by atoms with Crippen molar-refractivity contribution in [2.75, 3.05) is 12.1 Å². The first kappa shape index (κ1) is 36.2. The number of anilines is 1. The van der Waals surface area contributed by atoms with Crippen molar-refractivity contribution in [3.8, 4) is 0 Å². The van der Waals surface area contributed by atoms with Crippen molar-refractivity contribution in [3.63, 3.8) is 0 Å². The Morgan fingerprint density at radius 1 is 0.878 bits per heavy atom. The van der Waals surface area contributed by atoms with E-state index in [1.165, 1.54) is 44.9 Å². The van der Waals surface area contributed by atoms with Gasteiger partial charge in [0, 0.05) is 0 Å².